The maximum Gasteiger partial charge on any atom is 0.136 e. The highest BCUT2D eigenvalue weighted by Crippen LogP contribution is 2.09. The van der Waals surface area contributed by atoms with Crippen LogP contribution in [0.2, 0.25) is 0 Å². The van der Waals surface area contributed by atoms with Crippen LogP contribution in [0.15, 0.2) is 30.6 Å². The number of rotatable bonds is 2. The largest absolute Gasteiger partial charge is 0.315 e. The molecule has 4 N–H and O–H groups in total. The van der Waals surface area contributed by atoms with E-state index in [1.54, 1.807) is 12.4 Å². The first kappa shape index (κ1) is 8.18. The second kappa shape index (κ2) is 3.14. The number of nitrogens with one attached hydrogen (secondary N) is 1. The number of hydrogen-bond acceptors (Lipinski definition) is 4. The Kier molecular flexibility index (Phi) is 1.97. The Bertz CT molecular complexity index is 411. The van der Waals surface area contributed by atoms with E-state index in [2.05, 4.69) is 4.98 Å². The van der Waals surface area contributed by atoms with Crippen molar-refractivity contribution >= 4 is 5.65 Å². The molecule has 0 amide bonds. The van der Waals surface area contributed by atoms with Crippen LogP contribution in [-0.2, 0) is 0 Å². The number of pyridine rings is 1. The van der Waals surface area contributed by atoms with E-state index in [-0.39, 0.29) is 0 Å². The minimum absolute atomic E-state index is 0.599. The molecule has 0 aliphatic carbocycles. The minimum atomic E-state index is -0.599. The van der Waals surface area contributed by atoms with Crippen molar-refractivity contribution < 1.29 is 5.21 Å². The Labute approximate surface area is 74.8 Å². The quantitative estimate of drug-likeness (QED) is 0.455. The summed E-state index contributed by atoms with van der Waals surface area (Å²) in [7, 11) is 0. The highest BCUT2D eigenvalue weighted by Gasteiger charge is 2.07. The SMILES string of the molecule is N[C@@H](NO)c1cccc2nccn12. The van der Waals surface area contributed by atoms with Gasteiger partial charge in [-0.05, 0) is 12.1 Å². The first-order chi connectivity index (χ1) is 6.33. The number of fused-ring (bicyclic) bond motifs is 1. The molecule has 0 radical (unpaired) electrons. The van der Waals surface area contributed by atoms with E-state index in [1.165, 1.54) is 0 Å². The fourth-order valence-electron chi connectivity index (χ4n) is 1.29. The lowest BCUT2D eigenvalue weighted by Gasteiger charge is -2.11. The molecule has 5 heteroatoms. The molecule has 0 unspecified atom stereocenters. The van der Waals surface area contributed by atoms with Gasteiger partial charge >= 0.3 is 0 Å². The zero-order valence-corrected chi connectivity index (χ0v) is 6.88. The highest BCUT2D eigenvalue weighted by molar-refractivity contribution is 5.40. The lowest BCUT2D eigenvalue weighted by Crippen LogP contribution is -2.27. The van der Waals surface area contributed by atoms with Gasteiger partial charge in [-0.3, -0.25) is 0 Å². The van der Waals surface area contributed by atoms with Crippen LogP contribution in [0.4, 0.5) is 0 Å². The van der Waals surface area contributed by atoms with Gasteiger partial charge in [-0.25, -0.2) is 4.98 Å². The summed E-state index contributed by atoms with van der Waals surface area (Å²) in [6.45, 7) is 0. The van der Waals surface area contributed by atoms with Gasteiger partial charge in [-0.1, -0.05) is 6.07 Å². The van der Waals surface area contributed by atoms with E-state index in [0.717, 1.165) is 11.3 Å². The predicted octanol–water partition coefficient (Wildman–Crippen LogP) is 0.270. The standard InChI is InChI=1S/C8H10N4O/c9-8(11-13)6-2-1-3-7-10-4-5-12(6)7/h1-5,8,11,13H,9H2/t8-/m0/s1. The first-order valence-electron chi connectivity index (χ1n) is 3.90. The third kappa shape index (κ3) is 1.29. The van der Waals surface area contributed by atoms with Crippen LogP contribution in [-0.4, -0.2) is 14.6 Å². The Morgan fingerprint density at radius 3 is 3.15 bits per heavy atom. The van der Waals surface area contributed by atoms with E-state index >= 15 is 0 Å². The molecular formula is C8H10N4O. The van der Waals surface area contributed by atoms with Crippen molar-refractivity contribution in [3.8, 4) is 0 Å². The Balaban J connectivity index is 2.60. The fourth-order valence-corrected chi connectivity index (χ4v) is 1.29. The number of hydrogen-bond donors (Lipinski definition) is 3. The van der Waals surface area contributed by atoms with Crippen molar-refractivity contribution in [1.82, 2.24) is 14.9 Å². The molecule has 68 valence electrons. The summed E-state index contributed by atoms with van der Waals surface area (Å²) >= 11 is 0. The van der Waals surface area contributed by atoms with Gasteiger partial charge in [-0.15, -0.1) is 0 Å². The normalized spacial score (nSPS) is 13.4. The first-order valence-corrected chi connectivity index (χ1v) is 3.90. The van der Waals surface area contributed by atoms with Crippen molar-refractivity contribution in [2.75, 3.05) is 0 Å². The summed E-state index contributed by atoms with van der Waals surface area (Å²) in [5, 5.41) is 8.68. The number of hydroxylamine groups is 1. The number of aromatic nitrogens is 2. The molecule has 13 heavy (non-hydrogen) atoms. The Morgan fingerprint density at radius 2 is 2.38 bits per heavy atom. The molecule has 0 aliphatic rings. The molecule has 0 bridgehead atoms. The molecule has 0 aliphatic heterocycles. The highest BCUT2D eigenvalue weighted by atomic mass is 16.5. The van der Waals surface area contributed by atoms with Gasteiger partial charge in [0.1, 0.15) is 11.8 Å². The fraction of sp³-hybridized carbons (Fsp3) is 0.125. The molecule has 0 aromatic carbocycles. The van der Waals surface area contributed by atoms with Gasteiger partial charge < -0.3 is 15.3 Å². The van der Waals surface area contributed by atoms with Gasteiger partial charge in [0, 0.05) is 12.4 Å². The van der Waals surface area contributed by atoms with Crippen molar-refractivity contribution in [1.29, 1.82) is 0 Å². The maximum absolute atomic E-state index is 8.68. The van der Waals surface area contributed by atoms with E-state index < -0.39 is 6.17 Å². The lowest BCUT2D eigenvalue weighted by atomic mass is 10.3. The van der Waals surface area contributed by atoms with E-state index in [0.29, 0.717) is 0 Å². The third-order valence-corrected chi connectivity index (χ3v) is 1.92. The minimum Gasteiger partial charge on any atom is -0.315 e. The van der Waals surface area contributed by atoms with Crippen LogP contribution in [0.1, 0.15) is 11.9 Å². The summed E-state index contributed by atoms with van der Waals surface area (Å²) in [5.74, 6) is 0. The average molecular weight is 178 g/mol. The van der Waals surface area contributed by atoms with Gasteiger partial charge in [0.05, 0.1) is 5.69 Å². The summed E-state index contributed by atoms with van der Waals surface area (Å²) in [6, 6.07) is 5.53. The number of nitrogens with two attached hydrogens (primary N) is 1. The average Bonchev–Trinajstić information content (AvgIpc) is 2.63. The van der Waals surface area contributed by atoms with Crippen LogP contribution in [0.5, 0.6) is 0 Å². The zero-order valence-electron chi connectivity index (χ0n) is 6.88. The van der Waals surface area contributed by atoms with E-state index in [1.807, 2.05) is 28.1 Å². The molecule has 0 spiro atoms. The number of nitrogens with zero attached hydrogens (tertiary/aromatic N) is 2. The summed E-state index contributed by atoms with van der Waals surface area (Å²) in [5.41, 5.74) is 9.17. The van der Waals surface area contributed by atoms with Crippen LogP contribution < -0.4 is 11.2 Å². The topological polar surface area (TPSA) is 75.6 Å². The Morgan fingerprint density at radius 1 is 1.54 bits per heavy atom. The van der Waals surface area contributed by atoms with Gasteiger partial charge in [0.25, 0.3) is 0 Å². The molecule has 0 saturated carbocycles. The van der Waals surface area contributed by atoms with E-state index in [4.69, 9.17) is 10.9 Å². The molecule has 5 nitrogen and oxygen atoms in total. The van der Waals surface area contributed by atoms with Crippen LogP contribution >= 0.6 is 0 Å². The summed E-state index contributed by atoms with van der Waals surface area (Å²) < 4.78 is 1.81. The molecule has 1 atom stereocenters. The lowest BCUT2D eigenvalue weighted by molar-refractivity contribution is 0.126. The monoisotopic (exact) mass is 178 g/mol. The predicted molar refractivity (Wildman–Crippen MR) is 47.0 cm³/mol. The molecule has 2 rings (SSSR count). The van der Waals surface area contributed by atoms with Gasteiger partial charge in [0.15, 0.2) is 0 Å². The number of imidazole rings is 1. The van der Waals surface area contributed by atoms with Crippen LogP contribution in [0, 0.1) is 0 Å². The van der Waals surface area contributed by atoms with E-state index in [9.17, 15) is 0 Å². The molecule has 2 heterocycles. The smallest absolute Gasteiger partial charge is 0.136 e. The summed E-state index contributed by atoms with van der Waals surface area (Å²) in [6.07, 6.45) is 2.88. The molecule has 2 aromatic rings. The van der Waals surface area contributed by atoms with Crippen LogP contribution in [0.25, 0.3) is 5.65 Å². The van der Waals surface area contributed by atoms with Gasteiger partial charge in [0.2, 0.25) is 0 Å². The molecule has 0 saturated heterocycles. The van der Waals surface area contributed by atoms with Crippen LogP contribution in [0.3, 0.4) is 0 Å². The van der Waals surface area contributed by atoms with Crippen molar-refractivity contribution in [2.24, 2.45) is 5.73 Å². The van der Waals surface area contributed by atoms with Crippen molar-refractivity contribution in [3.05, 3.63) is 36.3 Å². The Hall–Kier alpha value is -1.43. The second-order valence-corrected chi connectivity index (χ2v) is 2.71. The molecule has 2 aromatic heterocycles. The van der Waals surface area contributed by atoms with Crippen molar-refractivity contribution in [2.45, 2.75) is 6.17 Å². The molecular weight excluding hydrogens is 168 g/mol. The molecule has 0 fully saturated rings. The summed E-state index contributed by atoms with van der Waals surface area (Å²) in [4.78, 5) is 4.09. The van der Waals surface area contributed by atoms with Gasteiger partial charge in [-0.2, -0.15) is 5.48 Å². The van der Waals surface area contributed by atoms with Crippen molar-refractivity contribution in [3.63, 3.8) is 0 Å². The second-order valence-electron chi connectivity index (χ2n) is 2.71. The third-order valence-electron chi connectivity index (χ3n) is 1.92. The zero-order chi connectivity index (χ0) is 9.26. The maximum atomic E-state index is 8.68.